The lowest BCUT2D eigenvalue weighted by Gasteiger charge is -2.36. The number of aromatic nitrogens is 2. The molecule has 1 aliphatic rings. The zero-order chi connectivity index (χ0) is 14.3. The Morgan fingerprint density at radius 2 is 2.25 bits per heavy atom. The highest BCUT2D eigenvalue weighted by molar-refractivity contribution is 5.84. The summed E-state index contributed by atoms with van der Waals surface area (Å²) in [6.45, 7) is 4.37. The lowest BCUT2D eigenvalue weighted by Crippen LogP contribution is -2.38. The molecule has 1 fully saturated rings. The van der Waals surface area contributed by atoms with Gasteiger partial charge in [0.25, 0.3) is 0 Å². The molecule has 0 bridgehead atoms. The monoisotopic (exact) mass is 269 g/mol. The number of nitrogen functional groups attached to an aromatic ring is 1. The van der Waals surface area contributed by atoms with Gasteiger partial charge in [-0.15, -0.1) is 0 Å². The first-order chi connectivity index (χ1) is 9.61. The van der Waals surface area contributed by atoms with Crippen LogP contribution >= 0.6 is 0 Å². The van der Waals surface area contributed by atoms with Crippen molar-refractivity contribution < 1.29 is 0 Å². The third-order valence-corrected chi connectivity index (χ3v) is 4.26. The van der Waals surface area contributed by atoms with Crippen LogP contribution in [0.5, 0.6) is 0 Å². The summed E-state index contributed by atoms with van der Waals surface area (Å²) >= 11 is 0. The fraction of sp³-hybridized carbons (Fsp3) is 0.467. The molecule has 2 atom stereocenters. The van der Waals surface area contributed by atoms with Crippen molar-refractivity contribution in [3.05, 3.63) is 23.8 Å². The van der Waals surface area contributed by atoms with Gasteiger partial charge >= 0.3 is 0 Å². The molecule has 0 amide bonds. The second-order valence-corrected chi connectivity index (χ2v) is 5.72. The molecule has 104 valence electrons. The first-order valence-electron chi connectivity index (χ1n) is 6.97. The number of nitriles is 1. The summed E-state index contributed by atoms with van der Waals surface area (Å²) in [6, 6.07) is 8.24. The molecular formula is C15H19N5. The number of hydrogen-bond donors (Lipinski definition) is 1. The third kappa shape index (κ3) is 1.93. The predicted octanol–water partition coefficient (Wildman–Crippen LogP) is 2.00. The van der Waals surface area contributed by atoms with Gasteiger partial charge in [-0.25, -0.2) is 4.98 Å². The van der Waals surface area contributed by atoms with E-state index < -0.39 is 0 Å². The van der Waals surface area contributed by atoms with E-state index in [4.69, 9.17) is 5.73 Å². The highest BCUT2D eigenvalue weighted by Gasteiger charge is 2.28. The van der Waals surface area contributed by atoms with Gasteiger partial charge in [-0.2, -0.15) is 5.26 Å². The van der Waals surface area contributed by atoms with E-state index in [1.807, 2.05) is 12.1 Å². The standard InChI is InChI=1S/C15H19N5/c1-10-9-19(2)7-6-12(10)20-13-5-3-4-11(8-16)14(13)18-15(20)17/h3-5,10,12H,6-7,9H2,1-2H3,(H2,17,18). The van der Waals surface area contributed by atoms with Crippen LogP contribution in [0.3, 0.4) is 0 Å². The average Bonchev–Trinajstić information content (AvgIpc) is 2.75. The van der Waals surface area contributed by atoms with E-state index in [1.54, 1.807) is 6.07 Å². The fourth-order valence-electron chi connectivity index (χ4n) is 3.30. The summed E-state index contributed by atoms with van der Waals surface area (Å²) in [7, 11) is 2.15. The summed E-state index contributed by atoms with van der Waals surface area (Å²) in [5.74, 6) is 1.03. The van der Waals surface area contributed by atoms with Gasteiger partial charge < -0.3 is 15.2 Å². The topological polar surface area (TPSA) is 70.9 Å². The molecule has 2 N–H and O–H groups in total. The van der Waals surface area contributed by atoms with E-state index in [0.717, 1.165) is 30.5 Å². The van der Waals surface area contributed by atoms with Crippen molar-refractivity contribution in [2.24, 2.45) is 5.92 Å². The van der Waals surface area contributed by atoms with E-state index in [1.165, 1.54) is 0 Å². The molecule has 0 spiro atoms. The van der Waals surface area contributed by atoms with Gasteiger partial charge in [0.05, 0.1) is 11.1 Å². The second-order valence-electron chi connectivity index (χ2n) is 5.72. The van der Waals surface area contributed by atoms with E-state index in [9.17, 15) is 5.26 Å². The largest absolute Gasteiger partial charge is 0.369 e. The Balaban J connectivity index is 2.12. The van der Waals surface area contributed by atoms with E-state index >= 15 is 0 Å². The Bertz CT molecular complexity index is 681. The maximum absolute atomic E-state index is 9.19. The number of nitrogens with two attached hydrogens (primary N) is 1. The molecule has 1 saturated heterocycles. The molecule has 0 aliphatic carbocycles. The molecule has 0 saturated carbocycles. The number of rotatable bonds is 1. The van der Waals surface area contributed by atoms with E-state index in [0.29, 0.717) is 23.5 Å². The number of likely N-dealkylation sites (tertiary alicyclic amines) is 1. The average molecular weight is 269 g/mol. The smallest absolute Gasteiger partial charge is 0.201 e. The van der Waals surface area contributed by atoms with Crippen molar-refractivity contribution in [1.82, 2.24) is 14.5 Å². The number of anilines is 1. The summed E-state index contributed by atoms with van der Waals surface area (Å²) < 4.78 is 2.12. The number of hydrogen-bond acceptors (Lipinski definition) is 4. The number of nitrogens with zero attached hydrogens (tertiary/aromatic N) is 4. The number of piperidine rings is 1. The zero-order valence-corrected chi connectivity index (χ0v) is 11.9. The van der Waals surface area contributed by atoms with Gasteiger partial charge in [0.2, 0.25) is 5.95 Å². The highest BCUT2D eigenvalue weighted by atomic mass is 15.2. The Morgan fingerprint density at radius 1 is 1.45 bits per heavy atom. The van der Waals surface area contributed by atoms with E-state index in [2.05, 4.69) is 34.5 Å². The van der Waals surface area contributed by atoms with Crippen molar-refractivity contribution >= 4 is 17.0 Å². The number of para-hydroxylation sites is 1. The van der Waals surface area contributed by atoms with E-state index in [-0.39, 0.29) is 0 Å². The van der Waals surface area contributed by atoms with Crippen molar-refractivity contribution in [2.75, 3.05) is 25.9 Å². The first kappa shape index (κ1) is 12.9. The zero-order valence-electron chi connectivity index (χ0n) is 11.9. The van der Waals surface area contributed by atoms with Gasteiger partial charge in [-0.1, -0.05) is 13.0 Å². The molecule has 2 heterocycles. The second kappa shape index (κ2) is 4.80. The van der Waals surface area contributed by atoms with Crippen LogP contribution in [0.15, 0.2) is 18.2 Å². The summed E-state index contributed by atoms with van der Waals surface area (Å²) in [5.41, 5.74) is 8.42. The Labute approximate surface area is 118 Å². The number of benzene rings is 1. The molecular weight excluding hydrogens is 250 g/mol. The minimum absolute atomic E-state index is 0.352. The minimum Gasteiger partial charge on any atom is -0.369 e. The van der Waals surface area contributed by atoms with Gasteiger partial charge in [0.15, 0.2) is 0 Å². The maximum Gasteiger partial charge on any atom is 0.201 e. The van der Waals surface area contributed by atoms with Crippen molar-refractivity contribution in [1.29, 1.82) is 5.26 Å². The fourth-order valence-corrected chi connectivity index (χ4v) is 3.30. The Kier molecular flexibility index (Phi) is 3.11. The predicted molar refractivity (Wildman–Crippen MR) is 79.2 cm³/mol. The van der Waals surface area contributed by atoms with Crippen molar-refractivity contribution in [2.45, 2.75) is 19.4 Å². The van der Waals surface area contributed by atoms with Crippen LogP contribution in [0.4, 0.5) is 5.95 Å². The van der Waals surface area contributed by atoms with Gasteiger partial charge in [-0.05, 0) is 38.1 Å². The summed E-state index contributed by atoms with van der Waals surface area (Å²) in [6.07, 6.45) is 1.06. The first-order valence-corrected chi connectivity index (χ1v) is 6.97. The molecule has 0 radical (unpaired) electrons. The SMILES string of the molecule is CC1CN(C)CCC1n1c(N)nc2c(C#N)cccc21. The molecule has 1 aliphatic heterocycles. The molecule has 2 unspecified atom stereocenters. The minimum atomic E-state index is 0.352. The Morgan fingerprint density at radius 3 is 2.95 bits per heavy atom. The van der Waals surface area contributed by atoms with Crippen molar-refractivity contribution in [3.8, 4) is 6.07 Å². The molecule has 5 nitrogen and oxygen atoms in total. The normalized spacial score (nSPS) is 23.9. The Hall–Kier alpha value is -2.06. The number of imidazole rings is 1. The molecule has 1 aromatic heterocycles. The maximum atomic E-state index is 9.19. The molecule has 5 heteroatoms. The molecule has 3 rings (SSSR count). The lowest BCUT2D eigenvalue weighted by molar-refractivity contribution is 0.162. The molecule has 1 aromatic carbocycles. The van der Waals surface area contributed by atoms with Gasteiger partial charge in [0, 0.05) is 12.6 Å². The van der Waals surface area contributed by atoms with Crippen LogP contribution in [0.25, 0.3) is 11.0 Å². The van der Waals surface area contributed by atoms with Gasteiger partial charge in [-0.3, -0.25) is 0 Å². The third-order valence-electron chi connectivity index (χ3n) is 4.26. The van der Waals surface area contributed by atoms with Crippen LogP contribution in [0, 0.1) is 17.2 Å². The number of fused-ring (bicyclic) bond motifs is 1. The lowest BCUT2D eigenvalue weighted by atomic mass is 9.93. The van der Waals surface area contributed by atoms with Crippen LogP contribution in [0.2, 0.25) is 0 Å². The van der Waals surface area contributed by atoms with Crippen LogP contribution in [0.1, 0.15) is 24.9 Å². The van der Waals surface area contributed by atoms with Crippen molar-refractivity contribution in [3.63, 3.8) is 0 Å². The summed E-state index contributed by atoms with van der Waals surface area (Å²) in [4.78, 5) is 6.76. The summed E-state index contributed by atoms with van der Waals surface area (Å²) in [5, 5.41) is 9.19. The van der Waals surface area contributed by atoms with Crippen LogP contribution in [-0.4, -0.2) is 34.6 Å². The molecule has 20 heavy (non-hydrogen) atoms. The quantitative estimate of drug-likeness (QED) is 0.859. The molecule has 2 aromatic rings. The van der Waals surface area contributed by atoms with Crippen LogP contribution < -0.4 is 5.73 Å². The highest BCUT2D eigenvalue weighted by Crippen LogP contribution is 2.33. The van der Waals surface area contributed by atoms with Gasteiger partial charge in [0.1, 0.15) is 11.6 Å². The van der Waals surface area contributed by atoms with Crippen LogP contribution in [-0.2, 0) is 0 Å².